The average Bonchev–Trinajstić information content (AvgIpc) is 3.27. The van der Waals surface area contributed by atoms with Crippen molar-refractivity contribution in [3.8, 4) is 5.75 Å². The average molecular weight is 452 g/mol. The van der Waals surface area contributed by atoms with Crippen molar-refractivity contribution in [3.63, 3.8) is 0 Å². The fraction of sp³-hybridized carbons (Fsp3) is 0.524. The third-order valence-corrected chi connectivity index (χ3v) is 6.34. The van der Waals surface area contributed by atoms with Crippen LogP contribution in [0.2, 0.25) is 5.02 Å². The number of ether oxygens (including phenoxy) is 3. The topological polar surface area (TPSA) is 64.1 Å². The maximum atomic E-state index is 13.0. The van der Waals surface area contributed by atoms with Gasteiger partial charge in [0, 0.05) is 42.8 Å². The summed E-state index contributed by atoms with van der Waals surface area (Å²) in [6, 6.07) is 7.24. The van der Waals surface area contributed by atoms with Gasteiger partial charge < -0.3 is 19.1 Å². The molecule has 0 aliphatic carbocycles. The maximum Gasteiger partial charge on any atom is 0.225 e. The van der Waals surface area contributed by atoms with E-state index in [2.05, 4.69) is 9.88 Å². The van der Waals surface area contributed by atoms with Crippen LogP contribution in [-0.2, 0) is 20.8 Å². The van der Waals surface area contributed by atoms with Crippen LogP contribution in [0.4, 0.5) is 0 Å². The number of morpholine rings is 2. The zero-order valence-electron chi connectivity index (χ0n) is 16.8. The second-order valence-corrected chi connectivity index (χ2v) is 9.00. The van der Waals surface area contributed by atoms with Gasteiger partial charge in [-0.25, -0.2) is 4.98 Å². The lowest BCUT2D eigenvalue weighted by Gasteiger charge is -2.43. The Hall–Kier alpha value is -1.71. The molecule has 1 aromatic carbocycles. The molecule has 4 rings (SSSR count). The molecule has 1 atom stereocenters. The standard InChI is InChI=1S/C21H26ClN3O4S/c22-17-1-3-18(4-2-17)28-16-21(13-20(26)25-7-9-27-10-8-25)15-24(6-11-29-21)14-19-23-5-12-30-19/h1-5,12H,6-11,13-16H2. The van der Waals surface area contributed by atoms with E-state index in [1.54, 1.807) is 23.5 Å². The highest BCUT2D eigenvalue weighted by atomic mass is 35.5. The van der Waals surface area contributed by atoms with Crippen molar-refractivity contribution >= 4 is 28.8 Å². The third-order valence-electron chi connectivity index (χ3n) is 5.32. The Balaban J connectivity index is 1.47. The molecule has 0 saturated carbocycles. The number of aromatic nitrogens is 1. The van der Waals surface area contributed by atoms with Gasteiger partial charge >= 0.3 is 0 Å². The summed E-state index contributed by atoms with van der Waals surface area (Å²) < 4.78 is 17.7. The van der Waals surface area contributed by atoms with Crippen molar-refractivity contribution in [2.45, 2.75) is 18.6 Å². The van der Waals surface area contributed by atoms with Crippen LogP contribution in [0.1, 0.15) is 11.4 Å². The van der Waals surface area contributed by atoms with Gasteiger partial charge in [0.05, 0.1) is 32.8 Å². The summed E-state index contributed by atoms with van der Waals surface area (Å²) in [7, 11) is 0. The first-order chi connectivity index (χ1) is 14.6. The number of halogens is 1. The smallest absolute Gasteiger partial charge is 0.225 e. The molecule has 2 aliphatic heterocycles. The van der Waals surface area contributed by atoms with Crippen LogP contribution in [0, 0.1) is 0 Å². The molecule has 162 valence electrons. The number of thiazole rings is 1. The molecule has 1 amide bonds. The van der Waals surface area contributed by atoms with Crippen LogP contribution in [0.25, 0.3) is 0 Å². The lowest BCUT2D eigenvalue weighted by atomic mass is 9.96. The molecule has 3 heterocycles. The first kappa shape index (κ1) is 21.5. The lowest BCUT2D eigenvalue weighted by molar-refractivity contribution is -0.159. The summed E-state index contributed by atoms with van der Waals surface area (Å²) >= 11 is 7.62. The fourth-order valence-electron chi connectivity index (χ4n) is 3.77. The molecule has 9 heteroatoms. The first-order valence-corrected chi connectivity index (χ1v) is 11.4. The number of benzene rings is 1. The van der Waals surface area contributed by atoms with Crippen LogP contribution in [0.15, 0.2) is 35.8 Å². The van der Waals surface area contributed by atoms with Gasteiger partial charge in [0.25, 0.3) is 0 Å². The molecule has 2 saturated heterocycles. The highest BCUT2D eigenvalue weighted by molar-refractivity contribution is 7.09. The second-order valence-electron chi connectivity index (χ2n) is 7.58. The normalized spacial score (nSPS) is 22.8. The zero-order chi connectivity index (χ0) is 20.8. The molecule has 0 bridgehead atoms. The molecular formula is C21H26ClN3O4S. The van der Waals surface area contributed by atoms with Crippen molar-refractivity contribution in [2.75, 3.05) is 52.6 Å². The van der Waals surface area contributed by atoms with E-state index in [0.717, 1.165) is 18.1 Å². The first-order valence-electron chi connectivity index (χ1n) is 10.1. The van der Waals surface area contributed by atoms with E-state index in [-0.39, 0.29) is 12.3 Å². The number of amides is 1. The van der Waals surface area contributed by atoms with E-state index in [4.69, 9.17) is 25.8 Å². The van der Waals surface area contributed by atoms with Crippen molar-refractivity contribution in [1.29, 1.82) is 0 Å². The van der Waals surface area contributed by atoms with Gasteiger partial charge in [-0.3, -0.25) is 9.69 Å². The summed E-state index contributed by atoms with van der Waals surface area (Å²) in [5.41, 5.74) is -0.718. The van der Waals surface area contributed by atoms with Crippen molar-refractivity contribution < 1.29 is 19.0 Å². The van der Waals surface area contributed by atoms with E-state index in [1.165, 1.54) is 0 Å². The largest absolute Gasteiger partial charge is 0.491 e. The van der Waals surface area contributed by atoms with Crippen LogP contribution >= 0.6 is 22.9 Å². The number of rotatable bonds is 7. The number of nitrogens with zero attached hydrogens (tertiary/aromatic N) is 3. The SMILES string of the molecule is O=C(CC1(COc2ccc(Cl)cc2)CN(Cc2nccs2)CCO1)N1CCOCC1. The molecule has 30 heavy (non-hydrogen) atoms. The van der Waals surface area contributed by atoms with Crippen LogP contribution in [-0.4, -0.2) is 78.9 Å². The molecule has 7 nitrogen and oxygen atoms in total. The van der Waals surface area contributed by atoms with E-state index in [9.17, 15) is 4.79 Å². The molecule has 2 aliphatic rings. The summed E-state index contributed by atoms with van der Waals surface area (Å²) in [6.45, 7) is 5.39. The predicted molar refractivity (Wildman–Crippen MR) is 115 cm³/mol. The molecule has 2 fully saturated rings. The summed E-state index contributed by atoms with van der Waals surface area (Å²) in [6.07, 6.45) is 2.09. The third kappa shape index (κ3) is 5.70. The molecule has 1 aromatic heterocycles. The molecular weight excluding hydrogens is 426 g/mol. The van der Waals surface area contributed by atoms with Crippen molar-refractivity contribution in [2.24, 2.45) is 0 Å². The van der Waals surface area contributed by atoms with Crippen LogP contribution in [0.5, 0.6) is 5.75 Å². The summed E-state index contributed by atoms with van der Waals surface area (Å²) in [5, 5.41) is 3.70. The zero-order valence-corrected chi connectivity index (χ0v) is 18.4. The van der Waals surface area contributed by atoms with Crippen LogP contribution < -0.4 is 4.74 Å². The quantitative estimate of drug-likeness (QED) is 0.645. The van der Waals surface area contributed by atoms with E-state index in [1.807, 2.05) is 28.6 Å². The summed E-state index contributed by atoms with van der Waals surface area (Å²) in [5.74, 6) is 0.785. The van der Waals surface area contributed by atoms with Gasteiger partial charge in [0.15, 0.2) is 0 Å². The summed E-state index contributed by atoms with van der Waals surface area (Å²) in [4.78, 5) is 21.6. The Kier molecular flexibility index (Phi) is 7.22. The Labute approximate surface area is 185 Å². The lowest BCUT2D eigenvalue weighted by Crippen LogP contribution is -2.57. The Morgan fingerprint density at radius 1 is 1.20 bits per heavy atom. The molecule has 2 aromatic rings. The maximum absolute atomic E-state index is 13.0. The van der Waals surface area contributed by atoms with E-state index >= 15 is 0 Å². The molecule has 0 spiro atoms. The van der Waals surface area contributed by atoms with E-state index in [0.29, 0.717) is 56.8 Å². The van der Waals surface area contributed by atoms with Gasteiger partial charge in [-0.15, -0.1) is 11.3 Å². The minimum atomic E-state index is -0.718. The Morgan fingerprint density at radius 2 is 2.00 bits per heavy atom. The predicted octanol–water partition coefficient (Wildman–Crippen LogP) is 2.70. The fourth-order valence-corrected chi connectivity index (χ4v) is 4.56. The van der Waals surface area contributed by atoms with Crippen LogP contribution in [0.3, 0.4) is 0 Å². The van der Waals surface area contributed by atoms with Gasteiger partial charge in [0.1, 0.15) is 23.0 Å². The number of carbonyl (C=O) groups excluding carboxylic acids is 1. The Morgan fingerprint density at radius 3 is 2.73 bits per heavy atom. The van der Waals surface area contributed by atoms with Gasteiger partial charge in [-0.2, -0.15) is 0 Å². The highest BCUT2D eigenvalue weighted by Gasteiger charge is 2.41. The molecule has 1 unspecified atom stereocenters. The van der Waals surface area contributed by atoms with Gasteiger partial charge in [-0.05, 0) is 24.3 Å². The minimum absolute atomic E-state index is 0.0779. The highest BCUT2D eigenvalue weighted by Crippen LogP contribution is 2.27. The monoisotopic (exact) mass is 451 g/mol. The van der Waals surface area contributed by atoms with E-state index < -0.39 is 5.60 Å². The van der Waals surface area contributed by atoms with Crippen molar-refractivity contribution in [3.05, 3.63) is 45.9 Å². The number of hydrogen-bond donors (Lipinski definition) is 0. The number of carbonyl (C=O) groups is 1. The number of hydrogen-bond acceptors (Lipinski definition) is 7. The van der Waals surface area contributed by atoms with Gasteiger partial charge in [0.2, 0.25) is 5.91 Å². The molecule has 0 radical (unpaired) electrons. The van der Waals surface area contributed by atoms with Crippen molar-refractivity contribution in [1.82, 2.24) is 14.8 Å². The second kappa shape index (κ2) is 10.1. The van der Waals surface area contributed by atoms with Gasteiger partial charge in [-0.1, -0.05) is 11.6 Å². The minimum Gasteiger partial charge on any atom is -0.491 e. The Bertz CT molecular complexity index is 814. The molecule has 0 N–H and O–H groups in total.